The molecule has 0 atom stereocenters. The monoisotopic (exact) mass is 456 g/mol. The van der Waals surface area contributed by atoms with Gasteiger partial charge in [0, 0.05) is 38.0 Å². The highest BCUT2D eigenvalue weighted by atomic mass is 32.2. The summed E-state index contributed by atoms with van der Waals surface area (Å²) in [6.45, 7) is 2.49. The zero-order valence-corrected chi connectivity index (χ0v) is 19.3. The Morgan fingerprint density at radius 1 is 1.19 bits per heavy atom. The van der Waals surface area contributed by atoms with Crippen LogP contribution in [0.4, 0.5) is 5.69 Å². The summed E-state index contributed by atoms with van der Waals surface area (Å²) in [6, 6.07) is 14.7. The second-order valence-corrected chi connectivity index (χ2v) is 9.30. The van der Waals surface area contributed by atoms with Crippen molar-refractivity contribution in [2.24, 2.45) is 0 Å². The Morgan fingerprint density at radius 3 is 2.66 bits per heavy atom. The number of carbonyl (C=O) groups excluding carboxylic acids is 1. The third kappa shape index (κ3) is 5.88. The minimum absolute atomic E-state index is 0.138. The summed E-state index contributed by atoms with van der Waals surface area (Å²) >= 11 is 0. The molecule has 0 aliphatic heterocycles. The number of imidazole rings is 1. The van der Waals surface area contributed by atoms with E-state index in [9.17, 15) is 13.2 Å². The number of hydrogen-bond donors (Lipinski definition) is 1. The van der Waals surface area contributed by atoms with Gasteiger partial charge in [0.05, 0.1) is 24.7 Å². The third-order valence-corrected chi connectivity index (χ3v) is 6.25. The van der Waals surface area contributed by atoms with Crippen molar-refractivity contribution in [2.75, 3.05) is 24.2 Å². The van der Waals surface area contributed by atoms with Gasteiger partial charge >= 0.3 is 0 Å². The fraction of sp³-hybridized carbons (Fsp3) is 0.304. The van der Waals surface area contributed by atoms with Gasteiger partial charge in [0.2, 0.25) is 15.9 Å². The second-order valence-electron chi connectivity index (χ2n) is 7.39. The number of benzene rings is 2. The molecule has 0 bridgehead atoms. The number of rotatable bonds is 10. The fourth-order valence-corrected chi connectivity index (χ4v) is 4.40. The van der Waals surface area contributed by atoms with Gasteiger partial charge in [-0.1, -0.05) is 24.3 Å². The predicted octanol–water partition coefficient (Wildman–Crippen LogP) is 3.05. The van der Waals surface area contributed by atoms with E-state index in [0.717, 1.165) is 23.3 Å². The normalized spacial score (nSPS) is 11.2. The summed E-state index contributed by atoms with van der Waals surface area (Å²) in [5, 5.41) is 2.93. The Hall–Kier alpha value is -3.33. The summed E-state index contributed by atoms with van der Waals surface area (Å²) in [5.41, 5.74) is 2.44. The molecule has 0 saturated heterocycles. The molecule has 9 heteroatoms. The van der Waals surface area contributed by atoms with E-state index in [-0.39, 0.29) is 18.9 Å². The van der Waals surface area contributed by atoms with Crippen LogP contribution < -0.4 is 14.4 Å². The highest BCUT2D eigenvalue weighted by Gasteiger charge is 2.18. The molecule has 1 aromatic heterocycles. The molecular formula is C23H28N4O4S. The molecule has 3 aromatic rings. The second kappa shape index (κ2) is 10.3. The number of carbonyl (C=O) groups is 1. The van der Waals surface area contributed by atoms with Gasteiger partial charge in [-0.25, -0.2) is 13.4 Å². The van der Waals surface area contributed by atoms with E-state index in [1.165, 1.54) is 11.4 Å². The first kappa shape index (κ1) is 23.3. The summed E-state index contributed by atoms with van der Waals surface area (Å²) in [7, 11) is -1.97. The van der Waals surface area contributed by atoms with Crippen LogP contribution in [-0.2, 0) is 21.4 Å². The van der Waals surface area contributed by atoms with Crippen molar-refractivity contribution in [3.63, 3.8) is 0 Å². The quantitative estimate of drug-likeness (QED) is 0.506. The summed E-state index contributed by atoms with van der Waals surface area (Å²) in [6.07, 6.45) is 5.37. The van der Waals surface area contributed by atoms with Gasteiger partial charge in [0.15, 0.2) is 0 Å². The number of amides is 1. The van der Waals surface area contributed by atoms with Crippen molar-refractivity contribution in [3.8, 4) is 11.4 Å². The molecule has 0 fully saturated rings. The number of sulfonamides is 1. The molecule has 0 saturated carbocycles. The number of anilines is 1. The van der Waals surface area contributed by atoms with E-state index in [4.69, 9.17) is 4.74 Å². The van der Waals surface area contributed by atoms with Gasteiger partial charge in [0.1, 0.15) is 11.6 Å². The number of aromatic nitrogens is 2. The van der Waals surface area contributed by atoms with Crippen LogP contribution in [0.3, 0.4) is 0 Å². The first-order valence-corrected chi connectivity index (χ1v) is 12.1. The number of nitrogens with one attached hydrogen (secondary N) is 1. The van der Waals surface area contributed by atoms with E-state index < -0.39 is 10.0 Å². The topological polar surface area (TPSA) is 93.5 Å². The number of aryl methyl sites for hydroxylation is 1. The zero-order chi connectivity index (χ0) is 23.1. The van der Waals surface area contributed by atoms with Crippen LogP contribution in [0, 0.1) is 6.92 Å². The zero-order valence-electron chi connectivity index (χ0n) is 18.5. The molecule has 8 nitrogen and oxygen atoms in total. The Morgan fingerprint density at radius 2 is 1.97 bits per heavy atom. The van der Waals surface area contributed by atoms with Crippen LogP contribution in [0.1, 0.15) is 24.2 Å². The van der Waals surface area contributed by atoms with Crippen LogP contribution in [0.5, 0.6) is 5.75 Å². The Labute approximate surface area is 188 Å². The maximum atomic E-state index is 12.4. The maximum absolute atomic E-state index is 12.4. The molecule has 1 N–H and O–H groups in total. The van der Waals surface area contributed by atoms with Crippen LogP contribution in [-0.4, -0.2) is 43.8 Å². The Balaban J connectivity index is 1.59. The lowest BCUT2D eigenvalue weighted by Gasteiger charge is -2.22. The summed E-state index contributed by atoms with van der Waals surface area (Å²) < 4.78 is 33.0. The lowest BCUT2D eigenvalue weighted by atomic mass is 10.1. The van der Waals surface area contributed by atoms with Gasteiger partial charge in [0.25, 0.3) is 0 Å². The molecule has 0 aliphatic carbocycles. The summed E-state index contributed by atoms with van der Waals surface area (Å²) in [4.78, 5) is 16.7. The maximum Gasteiger partial charge on any atom is 0.232 e. The smallest absolute Gasteiger partial charge is 0.232 e. The largest absolute Gasteiger partial charge is 0.497 e. The highest BCUT2D eigenvalue weighted by Crippen LogP contribution is 2.23. The van der Waals surface area contributed by atoms with Crippen molar-refractivity contribution < 1.29 is 17.9 Å². The van der Waals surface area contributed by atoms with Crippen LogP contribution >= 0.6 is 0 Å². The molecule has 0 radical (unpaired) electrons. The third-order valence-electron chi connectivity index (χ3n) is 5.06. The van der Waals surface area contributed by atoms with E-state index in [2.05, 4.69) is 10.3 Å². The molecule has 1 heterocycles. The SMILES string of the molecule is COc1cccc(N(CCCC(=O)NCc2ccccc2-n2ccnc2C)S(C)(=O)=O)c1. The lowest BCUT2D eigenvalue weighted by molar-refractivity contribution is -0.121. The van der Waals surface area contributed by atoms with Crippen molar-refractivity contribution in [3.05, 3.63) is 72.3 Å². The van der Waals surface area contributed by atoms with Crippen LogP contribution in [0.2, 0.25) is 0 Å². The molecule has 0 unspecified atom stereocenters. The van der Waals surface area contributed by atoms with E-state index >= 15 is 0 Å². The number of methoxy groups -OCH3 is 1. The minimum Gasteiger partial charge on any atom is -0.497 e. The first-order valence-electron chi connectivity index (χ1n) is 10.3. The van der Waals surface area contributed by atoms with Gasteiger partial charge < -0.3 is 14.6 Å². The molecule has 0 spiro atoms. The molecule has 2 aromatic carbocycles. The first-order chi connectivity index (χ1) is 15.3. The van der Waals surface area contributed by atoms with E-state index in [0.29, 0.717) is 24.4 Å². The molecule has 1 amide bonds. The molecule has 0 aliphatic rings. The molecule has 32 heavy (non-hydrogen) atoms. The average Bonchev–Trinajstić information content (AvgIpc) is 3.20. The molecular weight excluding hydrogens is 428 g/mol. The van der Waals surface area contributed by atoms with Crippen LogP contribution in [0.25, 0.3) is 5.69 Å². The predicted molar refractivity (Wildman–Crippen MR) is 125 cm³/mol. The van der Waals surface area contributed by atoms with Crippen LogP contribution in [0.15, 0.2) is 60.9 Å². The van der Waals surface area contributed by atoms with E-state index in [1.54, 1.807) is 30.5 Å². The van der Waals surface area contributed by atoms with Crippen molar-refractivity contribution in [2.45, 2.75) is 26.3 Å². The van der Waals surface area contributed by atoms with Crippen molar-refractivity contribution in [1.82, 2.24) is 14.9 Å². The standard InChI is InChI=1S/C23H28N4O4S/c1-18-24-13-15-26(18)22-11-5-4-8-19(22)17-25-23(28)12-7-14-27(32(3,29)30)20-9-6-10-21(16-20)31-2/h4-6,8-11,13,15-16H,7,12,14,17H2,1-3H3,(H,25,28). The van der Waals surface area contributed by atoms with Gasteiger partial charge in [-0.2, -0.15) is 0 Å². The van der Waals surface area contributed by atoms with Gasteiger partial charge in [-0.15, -0.1) is 0 Å². The van der Waals surface area contributed by atoms with Gasteiger partial charge in [-0.05, 0) is 37.1 Å². The van der Waals surface area contributed by atoms with Crippen molar-refractivity contribution >= 4 is 21.6 Å². The number of para-hydroxylation sites is 1. The Bertz CT molecular complexity index is 1170. The van der Waals surface area contributed by atoms with Gasteiger partial charge in [-0.3, -0.25) is 9.10 Å². The average molecular weight is 457 g/mol. The highest BCUT2D eigenvalue weighted by molar-refractivity contribution is 7.92. The fourth-order valence-electron chi connectivity index (χ4n) is 3.45. The molecule has 3 rings (SSSR count). The summed E-state index contributed by atoms with van der Waals surface area (Å²) in [5.74, 6) is 1.30. The van der Waals surface area contributed by atoms with E-state index in [1.807, 2.05) is 42.0 Å². The lowest BCUT2D eigenvalue weighted by Crippen LogP contribution is -2.32. The number of nitrogens with zero attached hydrogens (tertiary/aromatic N) is 3. The number of ether oxygens (including phenoxy) is 1. The van der Waals surface area contributed by atoms with Crippen molar-refractivity contribution in [1.29, 1.82) is 0 Å². The number of hydrogen-bond acceptors (Lipinski definition) is 5. The minimum atomic E-state index is -3.49. The Kier molecular flexibility index (Phi) is 7.53. The molecule has 170 valence electrons.